The number of carbonyl (C=O) groups excluding carboxylic acids is 1. The van der Waals surface area contributed by atoms with E-state index in [0.29, 0.717) is 12.1 Å². The Kier molecular flexibility index (Phi) is 4.51. The number of hydrogen-bond acceptors (Lipinski definition) is 3. The number of para-hydroxylation sites is 2. The van der Waals surface area contributed by atoms with Crippen molar-refractivity contribution in [1.29, 1.82) is 0 Å². The molecule has 3 rings (SSSR count). The fourth-order valence-corrected chi connectivity index (χ4v) is 2.96. The summed E-state index contributed by atoms with van der Waals surface area (Å²) in [6, 6.07) is 17.4. The summed E-state index contributed by atoms with van der Waals surface area (Å²) in [5.74, 6) is 0.919. The molecule has 0 aromatic heterocycles. The second-order valence-electron chi connectivity index (χ2n) is 5.80. The van der Waals surface area contributed by atoms with Gasteiger partial charge in [-0.15, -0.1) is 0 Å². The van der Waals surface area contributed by atoms with Gasteiger partial charge in [0.1, 0.15) is 11.9 Å². The Morgan fingerprint density at radius 1 is 1.17 bits per heavy atom. The highest BCUT2D eigenvalue weighted by Crippen LogP contribution is 2.32. The van der Waals surface area contributed by atoms with Crippen molar-refractivity contribution in [3.05, 3.63) is 60.2 Å². The van der Waals surface area contributed by atoms with E-state index < -0.39 is 0 Å². The Labute approximate surface area is 137 Å². The second kappa shape index (κ2) is 6.73. The van der Waals surface area contributed by atoms with Gasteiger partial charge in [-0.3, -0.25) is 4.79 Å². The van der Waals surface area contributed by atoms with Crippen molar-refractivity contribution in [2.24, 2.45) is 0 Å². The standard InChI is InChI=1S/C19H22N2O2/c1-3-21-14-16(23-18-12-8-7-11-17(18)21)13-20(2)19(22)15-9-5-4-6-10-15/h4-12,16H,3,13-14H2,1-2H3/t16-/m1/s1. The molecular formula is C19H22N2O2. The van der Waals surface area contributed by atoms with Crippen LogP contribution in [0.1, 0.15) is 17.3 Å². The third kappa shape index (κ3) is 3.31. The molecule has 0 bridgehead atoms. The Balaban J connectivity index is 1.70. The van der Waals surface area contributed by atoms with Crippen LogP contribution in [0.25, 0.3) is 0 Å². The molecule has 1 aliphatic rings. The zero-order valence-electron chi connectivity index (χ0n) is 13.6. The third-order valence-electron chi connectivity index (χ3n) is 4.15. The number of rotatable bonds is 4. The van der Waals surface area contributed by atoms with Crippen LogP contribution in [0.15, 0.2) is 54.6 Å². The molecule has 0 fully saturated rings. The number of benzene rings is 2. The predicted octanol–water partition coefficient (Wildman–Crippen LogP) is 3.05. The van der Waals surface area contributed by atoms with Crippen LogP contribution in [0.2, 0.25) is 0 Å². The van der Waals surface area contributed by atoms with Crippen LogP contribution in [-0.2, 0) is 0 Å². The topological polar surface area (TPSA) is 32.8 Å². The van der Waals surface area contributed by atoms with Crippen LogP contribution < -0.4 is 9.64 Å². The van der Waals surface area contributed by atoms with Crippen molar-refractivity contribution in [2.75, 3.05) is 31.6 Å². The van der Waals surface area contributed by atoms with Gasteiger partial charge < -0.3 is 14.5 Å². The first-order valence-electron chi connectivity index (χ1n) is 8.00. The van der Waals surface area contributed by atoms with Gasteiger partial charge in [0.2, 0.25) is 0 Å². The molecule has 1 atom stereocenters. The van der Waals surface area contributed by atoms with E-state index in [1.165, 1.54) is 0 Å². The molecule has 0 aliphatic carbocycles. The first-order chi connectivity index (χ1) is 11.2. The molecule has 1 heterocycles. The molecular weight excluding hydrogens is 288 g/mol. The van der Waals surface area contributed by atoms with Crippen LogP contribution in [0.4, 0.5) is 5.69 Å². The molecule has 0 saturated carbocycles. The van der Waals surface area contributed by atoms with Gasteiger partial charge in [0.15, 0.2) is 0 Å². The first kappa shape index (κ1) is 15.4. The van der Waals surface area contributed by atoms with Crippen molar-refractivity contribution in [3.8, 4) is 5.75 Å². The summed E-state index contributed by atoms with van der Waals surface area (Å²) in [7, 11) is 1.83. The van der Waals surface area contributed by atoms with Gasteiger partial charge in [0, 0.05) is 19.2 Å². The molecule has 0 unspecified atom stereocenters. The van der Waals surface area contributed by atoms with Gasteiger partial charge in [0.25, 0.3) is 5.91 Å². The number of likely N-dealkylation sites (N-methyl/N-ethyl adjacent to an activating group) is 2. The summed E-state index contributed by atoms with van der Waals surface area (Å²) in [4.78, 5) is 16.5. The highest BCUT2D eigenvalue weighted by Gasteiger charge is 2.26. The molecule has 4 nitrogen and oxygen atoms in total. The molecule has 4 heteroatoms. The number of ether oxygens (including phenoxy) is 1. The number of hydrogen-bond donors (Lipinski definition) is 0. The Morgan fingerprint density at radius 3 is 2.61 bits per heavy atom. The molecule has 0 radical (unpaired) electrons. The number of carbonyl (C=O) groups is 1. The van der Waals surface area contributed by atoms with E-state index >= 15 is 0 Å². The molecule has 0 saturated heterocycles. The summed E-state index contributed by atoms with van der Waals surface area (Å²) in [5.41, 5.74) is 1.84. The minimum absolute atomic E-state index is 0.0242. The summed E-state index contributed by atoms with van der Waals surface area (Å²) in [6.07, 6.45) is -0.0255. The Bertz CT molecular complexity index is 672. The van der Waals surface area contributed by atoms with E-state index in [2.05, 4.69) is 17.9 Å². The van der Waals surface area contributed by atoms with Gasteiger partial charge in [-0.2, -0.15) is 0 Å². The fraction of sp³-hybridized carbons (Fsp3) is 0.316. The number of fused-ring (bicyclic) bond motifs is 1. The Hall–Kier alpha value is -2.49. The average molecular weight is 310 g/mol. The monoisotopic (exact) mass is 310 g/mol. The number of amides is 1. The maximum Gasteiger partial charge on any atom is 0.253 e. The quantitative estimate of drug-likeness (QED) is 0.870. The summed E-state index contributed by atoms with van der Waals surface area (Å²) >= 11 is 0. The third-order valence-corrected chi connectivity index (χ3v) is 4.15. The SMILES string of the molecule is CCN1C[C@@H](CN(C)C(=O)c2ccccc2)Oc2ccccc21. The van der Waals surface area contributed by atoms with E-state index in [9.17, 15) is 4.79 Å². The molecule has 0 N–H and O–H groups in total. The van der Waals surface area contributed by atoms with E-state index in [4.69, 9.17) is 4.74 Å². The van der Waals surface area contributed by atoms with Gasteiger partial charge >= 0.3 is 0 Å². The Morgan fingerprint density at radius 2 is 1.87 bits per heavy atom. The summed E-state index contributed by atoms with van der Waals surface area (Å²) < 4.78 is 6.09. The smallest absolute Gasteiger partial charge is 0.253 e. The second-order valence-corrected chi connectivity index (χ2v) is 5.80. The molecule has 2 aromatic rings. The lowest BCUT2D eigenvalue weighted by molar-refractivity contribution is 0.0709. The highest BCUT2D eigenvalue weighted by atomic mass is 16.5. The van der Waals surface area contributed by atoms with Crippen molar-refractivity contribution in [2.45, 2.75) is 13.0 Å². The zero-order chi connectivity index (χ0) is 16.2. The first-order valence-corrected chi connectivity index (χ1v) is 8.00. The van der Waals surface area contributed by atoms with E-state index in [-0.39, 0.29) is 12.0 Å². The van der Waals surface area contributed by atoms with E-state index in [1.807, 2.05) is 55.6 Å². The molecule has 23 heavy (non-hydrogen) atoms. The van der Waals surface area contributed by atoms with Crippen molar-refractivity contribution < 1.29 is 9.53 Å². The normalized spacial score (nSPS) is 16.4. The summed E-state index contributed by atoms with van der Waals surface area (Å²) in [6.45, 7) is 4.42. The average Bonchev–Trinajstić information content (AvgIpc) is 2.61. The van der Waals surface area contributed by atoms with Crippen LogP contribution in [0.5, 0.6) is 5.75 Å². The fourth-order valence-electron chi connectivity index (χ4n) is 2.96. The zero-order valence-corrected chi connectivity index (χ0v) is 13.6. The summed E-state index contributed by atoms with van der Waals surface area (Å²) in [5, 5.41) is 0. The minimum Gasteiger partial charge on any atom is -0.485 e. The highest BCUT2D eigenvalue weighted by molar-refractivity contribution is 5.94. The largest absolute Gasteiger partial charge is 0.485 e. The van der Waals surface area contributed by atoms with Crippen LogP contribution >= 0.6 is 0 Å². The van der Waals surface area contributed by atoms with E-state index in [0.717, 1.165) is 24.5 Å². The maximum atomic E-state index is 12.5. The molecule has 1 amide bonds. The van der Waals surface area contributed by atoms with Crippen LogP contribution in [-0.4, -0.2) is 43.6 Å². The number of anilines is 1. The van der Waals surface area contributed by atoms with Gasteiger partial charge in [0.05, 0.1) is 18.8 Å². The molecule has 120 valence electrons. The molecule has 2 aromatic carbocycles. The van der Waals surface area contributed by atoms with Crippen molar-refractivity contribution in [1.82, 2.24) is 4.90 Å². The minimum atomic E-state index is -0.0255. The predicted molar refractivity (Wildman–Crippen MR) is 92.1 cm³/mol. The lowest BCUT2D eigenvalue weighted by atomic mass is 10.1. The lowest BCUT2D eigenvalue weighted by Crippen LogP contribution is -2.46. The van der Waals surface area contributed by atoms with Crippen molar-refractivity contribution in [3.63, 3.8) is 0 Å². The van der Waals surface area contributed by atoms with Crippen molar-refractivity contribution >= 4 is 11.6 Å². The maximum absolute atomic E-state index is 12.5. The molecule has 0 spiro atoms. The van der Waals surface area contributed by atoms with Gasteiger partial charge in [-0.05, 0) is 31.2 Å². The number of nitrogens with zero attached hydrogens (tertiary/aromatic N) is 2. The van der Waals surface area contributed by atoms with E-state index in [1.54, 1.807) is 4.90 Å². The van der Waals surface area contributed by atoms with Gasteiger partial charge in [-0.1, -0.05) is 30.3 Å². The van der Waals surface area contributed by atoms with Crippen LogP contribution in [0.3, 0.4) is 0 Å². The van der Waals surface area contributed by atoms with Crippen LogP contribution in [0, 0.1) is 0 Å². The molecule has 1 aliphatic heterocycles. The van der Waals surface area contributed by atoms with Gasteiger partial charge in [-0.25, -0.2) is 0 Å². The lowest BCUT2D eigenvalue weighted by Gasteiger charge is -2.37.